The zero-order valence-electron chi connectivity index (χ0n) is 51.1. The number of aliphatic carboxylic acids is 1. The predicted octanol–water partition coefficient (Wildman–Crippen LogP) is 18.4. The van der Waals surface area contributed by atoms with Crippen LogP contribution in [0.5, 0.6) is 0 Å². The van der Waals surface area contributed by atoms with Crippen LogP contribution in [0.4, 0.5) is 0 Å². The lowest BCUT2D eigenvalue weighted by atomic mass is 9.83. The maximum Gasteiger partial charge on any atom is 0.306 e. The van der Waals surface area contributed by atoms with Crippen LogP contribution in [0, 0.1) is 0 Å². The van der Waals surface area contributed by atoms with E-state index in [-0.39, 0.29) is 32.7 Å². The average Bonchev–Trinajstić information content (AvgIpc) is 2.94. The van der Waals surface area contributed by atoms with Gasteiger partial charge in [-0.25, -0.2) is 0 Å². The Kier molecular flexibility index (Phi) is 39.9. The number of ether oxygens (including phenoxy) is 6. The van der Waals surface area contributed by atoms with E-state index in [1.54, 1.807) is 0 Å². The summed E-state index contributed by atoms with van der Waals surface area (Å²) in [5, 5.41) is 9.61. The minimum atomic E-state index is -1.38. The number of carbonyl (C=O) groups excluding carboxylic acids is 3. The Morgan fingerprint density at radius 1 is 0.293 bits per heavy atom. The van der Waals surface area contributed by atoms with Crippen molar-refractivity contribution < 1.29 is 52.7 Å². The Morgan fingerprint density at radius 2 is 0.512 bits per heavy atom. The summed E-state index contributed by atoms with van der Waals surface area (Å²) < 4.78 is 39.7. The van der Waals surface area contributed by atoms with Crippen LogP contribution in [0.1, 0.15) is 275 Å². The van der Waals surface area contributed by atoms with E-state index < -0.39 is 73.3 Å². The topological polar surface area (TPSA) is 144 Å². The van der Waals surface area contributed by atoms with Gasteiger partial charge in [-0.2, -0.15) is 0 Å². The van der Waals surface area contributed by atoms with Crippen LogP contribution >= 0.6 is 0 Å². The lowest BCUT2D eigenvalue weighted by Gasteiger charge is -2.48. The van der Waals surface area contributed by atoms with Crippen LogP contribution in [-0.2, 0) is 67.4 Å². The first-order chi connectivity index (χ1) is 40.3. The predicted molar refractivity (Wildman–Crippen MR) is 329 cm³/mol. The molecule has 0 spiro atoms. The van der Waals surface area contributed by atoms with Gasteiger partial charge in [0.1, 0.15) is 18.3 Å². The number of benzene rings is 3. The van der Waals surface area contributed by atoms with Crippen LogP contribution in [0.2, 0.25) is 0 Å². The van der Waals surface area contributed by atoms with E-state index in [2.05, 4.69) is 13.8 Å². The smallest absolute Gasteiger partial charge is 0.306 e. The van der Waals surface area contributed by atoms with Crippen molar-refractivity contribution in [1.82, 2.24) is 0 Å². The molecule has 0 unspecified atom stereocenters. The average molecular weight is 1140 g/mol. The molecule has 0 aromatic heterocycles. The van der Waals surface area contributed by atoms with Crippen molar-refractivity contribution in [2.24, 2.45) is 0 Å². The zero-order chi connectivity index (χ0) is 58.3. The maximum absolute atomic E-state index is 14.3. The highest BCUT2D eigenvalue weighted by Gasteiger charge is 2.58. The van der Waals surface area contributed by atoms with Crippen molar-refractivity contribution in [3.05, 3.63) is 108 Å². The fourth-order valence-corrected chi connectivity index (χ4v) is 11.2. The summed E-state index contributed by atoms with van der Waals surface area (Å²) in [5.74, 6) is -3.01. The normalized spacial score (nSPS) is 17.8. The van der Waals surface area contributed by atoms with Gasteiger partial charge >= 0.3 is 23.9 Å². The third kappa shape index (κ3) is 32.5. The number of carboxylic acids is 1. The molecule has 11 nitrogen and oxygen atoms in total. The molecule has 460 valence electrons. The molecule has 1 fully saturated rings. The van der Waals surface area contributed by atoms with Crippen LogP contribution in [0.15, 0.2) is 91.0 Å². The standard InChI is InChI=1S/C71H110O11/c1-3-5-7-9-11-13-15-17-19-21-23-25-27-29-31-33-44-52-63(74)80-69-67(78-57-60-48-40-36-41-49-60)66(77-56-59-46-38-35-39-47-59)68(79-58-61-50-42-37-43-51-61)70(82-65(76)55-54-62(72)73)71(69)81-64(75)53-45-34-32-30-28-26-24-22-20-18-16-14-12-10-8-6-4-2/h35-43,46-51,66-71H,3-34,44-45,52-58H2,1-2H3,(H,72,73)/t66-,67-,68+,69-,70-,71-/m1/s1. The lowest BCUT2D eigenvalue weighted by molar-refractivity contribution is -0.275. The molecule has 3 aromatic carbocycles. The Morgan fingerprint density at radius 3 is 0.768 bits per heavy atom. The van der Waals surface area contributed by atoms with Gasteiger partial charge in [0.25, 0.3) is 0 Å². The first-order valence-corrected chi connectivity index (χ1v) is 33.1. The lowest BCUT2D eigenvalue weighted by Crippen LogP contribution is -2.68. The molecule has 0 amide bonds. The van der Waals surface area contributed by atoms with Gasteiger partial charge in [-0.1, -0.05) is 310 Å². The largest absolute Gasteiger partial charge is 0.481 e. The number of esters is 3. The molecule has 11 heteroatoms. The second-order valence-electron chi connectivity index (χ2n) is 23.4. The summed E-state index contributed by atoms with van der Waals surface area (Å²) >= 11 is 0. The molecule has 0 heterocycles. The van der Waals surface area contributed by atoms with Crippen molar-refractivity contribution in [2.45, 2.75) is 314 Å². The van der Waals surface area contributed by atoms with Gasteiger partial charge in [-0.05, 0) is 29.5 Å². The third-order valence-electron chi connectivity index (χ3n) is 16.1. The minimum Gasteiger partial charge on any atom is -0.481 e. The summed E-state index contributed by atoms with van der Waals surface area (Å²) in [6, 6.07) is 28.8. The van der Waals surface area contributed by atoms with Crippen LogP contribution < -0.4 is 0 Å². The number of unbranched alkanes of at least 4 members (excludes halogenated alkanes) is 32. The molecular weight excluding hydrogens is 1030 g/mol. The summed E-state index contributed by atoms with van der Waals surface area (Å²) in [5.41, 5.74) is 2.54. The molecule has 6 atom stereocenters. The third-order valence-corrected chi connectivity index (χ3v) is 16.1. The highest BCUT2D eigenvalue weighted by Crippen LogP contribution is 2.37. The first kappa shape index (κ1) is 69.9. The summed E-state index contributed by atoms with van der Waals surface area (Å²) in [4.78, 5) is 54.2. The molecule has 1 aliphatic rings. The van der Waals surface area contributed by atoms with Crippen molar-refractivity contribution in [1.29, 1.82) is 0 Å². The van der Waals surface area contributed by atoms with E-state index in [1.165, 1.54) is 167 Å². The van der Waals surface area contributed by atoms with Crippen LogP contribution in [0.3, 0.4) is 0 Å². The summed E-state index contributed by atoms with van der Waals surface area (Å²) in [6.07, 6.45) is 33.5. The Balaban J connectivity index is 1.47. The fourth-order valence-electron chi connectivity index (χ4n) is 11.2. The van der Waals surface area contributed by atoms with Gasteiger partial charge in [0, 0.05) is 12.8 Å². The Bertz CT molecular complexity index is 2030. The molecule has 3 aromatic rings. The van der Waals surface area contributed by atoms with Gasteiger partial charge in [0.2, 0.25) is 0 Å². The minimum absolute atomic E-state index is 0.0645. The zero-order valence-corrected chi connectivity index (χ0v) is 51.1. The van der Waals surface area contributed by atoms with E-state index in [1.807, 2.05) is 91.0 Å². The van der Waals surface area contributed by atoms with Gasteiger partial charge in [0.05, 0.1) is 32.7 Å². The molecule has 82 heavy (non-hydrogen) atoms. The highest BCUT2D eigenvalue weighted by molar-refractivity contribution is 5.77. The van der Waals surface area contributed by atoms with Gasteiger partial charge in [-0.3, -0.25) is 19.2 Å². The number of rotatable bonds is 51. The Hall–Kier alpha value is -4.58. The van der Waals surface area contributed by atoms with Crippen molar-refractivity contribution in [2.75, 3.05) is 0 Å². The fraction of sp³-hybridized carbons (Fsp3) is 0.690. The number of hydrogen-bond donors (Lipinski definition) is 1. The van der Waals surface area contributed by atoms with Crippen molar-refractivity contribution in [3.8, 4) is 0 Å². The van der Waals surface area contributed by atoms with E-state index in [9.17, 15) is 24.3 Å². The molecule has 4 rings (SSSR count). The molecule has 0 saturated heterocycles. The molecule has 1 N–H and O–H groups in total. The second-order valence-corrected chi connectivity index (χ2v) is 23.4. The molecule has 0 aliphatic heterocycles. The second kappa shape index (κ2) is 46.8. The molecular formula is C71H110O11. The quantitative estimate of drug-likeness (QED) is 0.0328. The Labute approximate surface area is 496 Å². The number of carbonyl (C=O) groups is 4. The molecule has 0 bridgehead atoms. The van der Waals surface area contributed by atoms with E-state index in [0.29, 0.717) is 12.8 Å². The molecule has 0 radical (unpaired) electrons. The summed E-state index contributed by atoms with van der Waals surface area (Å²) in [7, 11) is 0. The van der Waals surface area contributed by atoms with Crippen LogP contribution in [0.25, 0.3) is 0 Å². The monoisotopic (exact) mass is 1140 g/mol. The van der Waals surface area contributed by atoms with E-state index >= 15 is 0 Å². The van der Waals surface area contributed by atoms with E-state index in [4.69, 9.17) is 28.4 Å². The number of hydrogen-bond acceptors (Lipinski definition) is 10. The number of carboxylic acid groups (broad SMARTS) is 1. The highest BCUT2D eigenvalue weighted by atomic mass is 16.7. The van der Waals surface area contributed by atoms with Gasteiger partial charge in [-0.15, -0.1) is 0 Å². The maximum atomic E-state index is 14.3. The first-order valence-electron chi connectivity index (χ1n) is 33.1. The van der Waals surface area contributed by atoms with Gasteiger partial charge in [0.15, 0.2) is 18.3 Å². The van der Waals surface area contributed by atoms with Crippen molar-refractivity contribution in [3.63, 3.8) is 0 Å². The van der Waals surface area contributed by atoms with Crippen molar-refractivity contribution >= 4 is 23.9 Å². The van der Waals surface area contributed by atoms with Crippen LogP contribution in [-0.4, -0.2) is 65.6 Å². The van der Waals surface area contributed by atoms with Gasteiger partial charge < -0.3 is 33.5 Å². The summed E-state index contributed by atoms with van der Waals surface area (Å²) in [6.45, 7) is 4.80. The molecule has 1 aliphatic carbocycles. The van der Waals surface area contributed by atoms with E-state index in [0.717, 1.165) is 55.2 Å². The molecule has 1 saturated carbocycles. The SMILES string of the molecule is CCCCCCCCCCCCCCCCCCCC(=O)O[C@@H]1[C@H](OC(=O)CCCCCCCCCCCCCCCCCCC)[C@H](OCc2ccccc2)[C@@H](OCc2ccccc2)[C@H](OCc2ccccc2)[C@H]1OC(=O)CCC(=O)O.